The molecule has 7 heteroatoms. The zero-order valence-electron chi connectivity index (χ0n) is 14.8. The molecule has 1 unspecified atom stereocenters. The fourth-order valence-corrected chi connectivity index (χ4v) is 3.13. The van der Waals surface area contributed by atoms with Crippen LogP contribution in [0.4, 0.5) is 0 Å². The van der Waals surface area contributed by atoms with Gasteiger partial charge >= 0.3 is 5.97 Å². The summed E-state index contributed by atoms with van der Waals surface area (Å²) in [7, 11) is 1.83. The van der Waals surface area contributed by atoms with Gasteiger partial charge in [-0.05, 0) is 38.5 Å². The number of carbonyl (C=O) groups is 2. The van der Waals surface area contributed by atoms with Crippen LogP contribution in [0.3, 0.4) is 0 Å². The van der Waals surface area contributed by atoms with Crippen LogP contribution in [0.2, 0.25) is 5.02 Å². The molecular formula is C18H22ClN3O3. The zero-order chi connectivity index (χ0) is 18.7. The molecule has 0 saturated carbocycles. The predicted molar refractivity (Wildman–Crippen MR) is 95.6 cm³/mol. The van der Waals surface area contributed by atoms with E-state index in [0.29, 0.717) is 5.02 Å². The fraction of sp³-hybridized carbons (Fsp3) is 0.389. The molecule has 0 aliphatic carbocycles. The smallest absolute Gasteiger partial charge is 0.323 e. The van der Waals surface area contributed by atoms with Crippen LogP contribution in [0.5, 0.6) is 0 Å². The SMILES string of the molecule is Cc1nn(C)c(C)c1C(C)C(=O)N(CC(=O)O)Cc1ccc(Cl)cc1. The van der Waals surface area contributed by atoms with Crippen LogP contribution in [-0.2, 0) is 23.2 Å². The average molecular weight is 364 g/mol. The van der Waals surface area contributed by atoms with Crippen LogP contribution in [0.25, 0.3) is 0 Å². The third kappa shape index (κ3) is 4.39. The number of carboxylic acids is 1. The van der Waals surface area contributed by atoms with Crippen molar-refractivity contribution >= 4 is 23.5 Å². The Morgan fingerprint density at radius 1 is 1.28 bits per heavy atom. The van der Waals surface area contributed by atoms with E-state index < -0.39 is 11.9 Å². The highest BCUT2D eigenvalue weighted by atomic mass is 35.5. The number of benzene rings is 1. The fourth-order valence-electron chi connectivity index (χ4n) is 3.00. The summed E-state index contributed by atoms with van der Waals surface area (Å²) < 4.78 is 1.73. The van der Waals surface area contributed by atoms with E-state index in [-0.39, 0.29) is 19.0 Å². The summed E-state index contributed by atoms with van der Waals surface area (Å²) in [6.45, 7) is 5.40. The number of aliphatic carboxylic acids is 1. The second-order valence-electron chi connectivity index (χ2n) is 6.14. The van der Waals surface area contributed by atoms with Gasteiger partial charge in [0.25, 0.3) is 0 Å². The van der Waals surface area contributed by atoms with Gasteiger partial charge < -0.3 is 10.0 Å². The molecule has 6 nitrogen and oxygen atoms in total. The van der Waals surface area contributed by atoms with E-state index in [9.17, 15) is 14.7 Å². The summed E-state index contributed by atoms with van der Waals surface area (Å²) >= 11 is 5.88. The monoisotopic (exact) mass is 363 g/mol. The van der Waals surface area contributed by atoms with Gasteiger partial charge in [-0.15, -0.1) is 0 Å². The Balaban J connectivity index is 2.28. The molecule has 1 heterocycles. The molecule has 0 spiro atoms. The summed E-state index contributed by atoms with van der Waals surface area (Å²) in [4.78, 5) is 25.5. The number of hydrogen-bond acceptors (Lipinski definition) is 3. The molecule has 1 amide bonds. The average Bonchev–Trinajstić information content (AvgIpc) is 2.79. The van der Waals surface area contributed by atoms with Gasteiger partial charge in [0.2, 0.25) is 5.91 Å². The second kappa shape index (κ2) is 7.70. The highest BCUT2D eigenvalue weighted by Gasteiger charge is 2.28. The van der Waals surface area contributed by atoms with Crippen LogP contribution in [0, 0.1) is 13.8 Å². The Labute approximate surface area is 152 Å². The molecule has 0 aliphatic heterocycles. The Bertz CT molecular complexity index is 784. The summed E-state index contributed by atoms with van der Waals surface area (Å²) in [5, 5.41) is 14.1. The van der Waals surface area contributed by atoms with Crippen molar-refractivity contribution < 1.29 is 14.7 Å². The molecule has 1 atom stereocenters. The molecule has 0 aliphatic rings. The van der Waals surface area contributed by atoms with E-state index in [1.165, 1.54) is 4.90 Å². The van der Waals surface area contributed by atoms with E-state index in [4.69, 9.17) is 11.6 Å². The van der Waals surface area contributed by atoms with E-state index in [0.717, 1.165) is 22.5 Å². The summed E-state index contributed by atoms with van der Waals surface area (Å²) in [5.74, 6) is -1.76. The second-order valence-corrected chi connectivity index (χ2v) is 6.58. The van der Waals surface area contributed by atoms with Crippen LogP contribution >= 0.6 is 11.6 Å². The Hall–Kier alpha value is -2.34. The predicted octanol–water partition coefficient (Wildman–Crippen LogP) is 2.91. The Morgan fingerprint density at radius 3 is 2.36 bits per heavy atom. The van der Waals surface area contributed by atoms with Crippen molar-refractivity contribution in [2.24, 2.45) is 7.05 Å². The normalized spacial score (nSPS) is 12.0. The molecule has 1 N–H and O–H groups in total. The number of carbonyl (C=O) groups excluding carboxylic acids is 1. The lowest BCUT2D eigenvalue weighted by atomic mass is 9.97. The third-order valence-corrected chi connectivity index (χ3v) is 4.54. The first-order valence-corrected chi connectivity index (χ1v) is 8.33. The number of rotatable bonds is 6. The third-order valence-electron chi connectivity index (χ3n) is 4.29. The minimum absolute atomic E-state index is 0.213. The lowest BCUT2D eigenvalue weighted by Crippen LogP contribution is -2.38. The minimum Gasteiger partial charge on any atom is -0.480 e. The first-order valence-electron chi connectivity index (χ1n) is 7.95. The molecule has 134 valence electrons. The quantitative estimate of drug-likeness (QED) is 0.856. The lowest BCUT2D eigenvalue weighted by molar-refractivity contribution is -0.145. The van der Waals surface area contributed by atoms with Crippen molar-refractivity contribution in [3.63, 3.8) is 0 Å². The summed E-state index contributed by atoms with van der Waals surface area (Å²) in [6, 6.07) is 7.02. The van der Waals surface area contributed by atoms with Gasteiger partial charge in [-0.25, -0.2) is 0 Å². The number of amides is 1. The molecule has 1 aromatic carbocycles. The minimum atomic E-state index is -1.05. The van der Waals surface area contributed by atoms with Crippen molar-refractivity contribution in [3.05, 3.63) is 51.8 Å². The molecule has 0 fully saturated rings. The van der Waals surface area contributed by atoms with Gasteiger partial charge in [0.05, 0.1) is 11.6 Å². The van der Waals surface area contributed by atoms with Gasteiger partial charge in [-0.2, -0.15) is 5.10 Å². The molecular weight excluding hydrogens is 342 g/mol. The van der Waals surface area contributed by atoms with Gasteiger partial charge in [0.15, 0.2) is 0 Å². The molecule has 2 rings (SSSR count). The molecule has 2 aromatic rings. The van der Waals surface area contributed by atoms with Gasteiger partial charge in [0, 0.05) is 29.9 Å². The number of aryl methyl sites for hydroxylation is 2. The van der Waals surface area contributed by atoms with E-state index in [1.807, 2.05) is 20.9 Å². The maximum atomic E-state index is 13.0. The largest absolute Gasteiger partial charge is 0.480 e. The maximum Gasteiger partial charge on any atom is 0.323 e. The topological polar surface area (TPSA) is 75.4 Å². The van der Waals surface area contributed by atoms with Crippen molar-refractivity contribution in [3.8, 4) is 0 Å². The molecule has 0 bridgehead atoms. The van der Waals surface area contributed by atoms with E-state index in [2.05, 4.69) is 5.10 Å². The van der Waals surface area contributed by atoms with Crippen molar-refractivity contribution in [1.29, 1.82) is 0 Å². The van der Waals surface area contributed by atoms with E-state index in [1.54, 1.807) is 35.9 Å². The molecule has 25 heavy (non-hydrogen) atoms. The number of halogens is 1. The Morgan fingerprint density at radius 2 is 1.88 bits per heavy atom. The first kappa shape index (κ1) is 19.0. The highest BCUT2D eigenvalue weighted by Crippen LogP contribution is 2.25. The lowest BCUT2D eigenvalue weighted by Gasteiger charge is -2.25. The number of hydrogen-bond donors (Lipinski definition) is 1. The Kier molecular flexibility index (Phi) is 5.85. The van der Waals surface area contributed by atoms with Crippen LogP contribution < -0.4 is 0 Å². The van der Waals surface area contributed by atoms with Crippen molar-refractivity contribution in [2.75, 3.05) is 6.54 Å². The molecule has 1 aromatic heterocycles. The molecule has 0 saturated heterocycles. The van der Waals surface area contributed by atoms with E-state index >= 15 is 0 Å². The summed E-state index contributed by atoms with van der Waals surface area (Å²) in [6.07, 6.45) is 0. The number of nitrogens with zero attached hydrogens (tertiary/aromatic N) is 3. The molecule has 0 radical (unpaired) electrons. The number of carboxylic acid groups (broad SMARTS) is 1. The zero-order valence-corrected chi connectivity index (χ0v) is 15.5. The van der Waals surface area contributed by atoms with Gasteiger partial charge in [0.1, 0.15) is 6.54 Å². The number of aromatic nitrogens is 2. The summed E-state index contributed by atoms with van der Waals surface area (Å²) in [5.41, 5.74) is 3.35. The van der Waals surface area contributed by atoms with Crippen LogP contribution in [0.15, 0.2) is 24.3 Å². The highest BCUT2D eigenvalue weighted by molar-refractivity contribution is 6.30. The van der Waals surface area contributed by atoms with Crippen molar-refractivity contribution in [1.82, 2.24) is 14.7 Å². The van der Waals surface area contributed by atoms with Gasteiger partial charge in [-0.3, -0.25) is 14.3 Å². The standard InChI is InChI=1S/C18H22ClN3O3/c1-11(17-12(2)20-21(4)13(17)3)18(25)22(10-16(23)24)9-14-5-7-15(19)8-6-14/h5-8,11H,9-10H2,1-4H3,(H,23,24). The van der Waals surface area contributed by atoms with Crippen LogP contribution in [0.1, 0.15) is 35.4 Å². The van der Waals surface area contributed by atoms with Crippen molar-refractivity contribution in [2.45, 2.75) is 33.2 Å². The van der Waals surface area contributed by atoms with Crippen LogP contribution in [-0.4, -0.2) is 38.2 Å². The van der Waals surface area contributed by atoms with Gasteiger partial charge in [-0.1, -0.05) is 23.7 Å². The maximum absolute atomic E-state index is 13.0. The first-order chi connectivity index (χ1) is 11.7.